The van der Waals surface area contributed by atoms with E-state index in [-0.39, 0.29) is 40.8 Å². The molecule has 0 atom stereocenters. The molecule has 18 heteroatoms. The lowest BCUT2D eigenvalue weighted by Crippen LogP contribution is -2.15. The Morgan fingerprint density at radius 1 is 0.565 bits per heavy atom. The maximum atomic E-state index is 12.2. The van der Waals surface area contributed by atoms with Gasteiger partial charge in [0, 0.05) is 45.4 Å². The standard InChI is InChI=1S/C16H17N3O3.C13H13N3O.C13H10O2.C9H9Cl2NO3/c1-2-22-16(21)19-14-5-3-4-11(10-14)15(20)18-13-8-6-12(17)7-9-13;14-9-5-7-10(8-6-9)16-13(17)11-3-1-2-4-12(11)15;14-13(15)12-9-5-4-8-11(12)10-6-2-1-3-7-10;1-14-8(13)4-15-9-6(10)2-5(12)3-7(9)11/h3-10H,2,17H2,1H3,(H,18,20)(H,19,21);1-8H,14-15H2,(H,16,17);1-9H,(H,14,15);2-3H,4,12H2,1H3. The maximum Gasteiger partial charge on any atom is 0.411 e. The Morgan fingerprint density at radius 3 is 1.65 bits per heavy atom. The van der Waals surface area contributed by atoms with E-state index < -0.39 is 18.0 Å². The van der Waals surface area contributed by atoms with Crippen LogP contribution in [0.5, 0.6) is 5.75 Å². The van der Waals surface area contributed by atoms with Gasteiger partial charge < -0.3 is 52.9 Å². The minimum atomic E-state index is -0.894. The van der Waals surface area contributed by atoms with Crippen LogP contribution in [0.1, 0.15) is 38.0 Å². The van der Waals surface area contributed by atoms with E-state index in [2.05, 4.69) is 20.7 Å². The van der Waals surface area contributed by atoms with Gasteiger partial charge in [-0.25, -0.2) is 14.4 Å². The van der Waals surface area contributed by atoms with Gasteiger partial charge in [-0.05, 0) is 115 Å². The highest BCUT2D eigenvalue weighted by Gasteiger charge is 2.13. The highest BCUT2D eigenvalue weighted by Crippen LogP contribution is 2.35. The number of halogens is 2. The number of para-hydroxylation sites is 1. The molecule has 0 aliphatic carbocycles. The molecule has 0 bridgehead atoms. The van der Waals surface area contributed by atoms with E-state index in [1.807, 2.05) is 42.5 Å². The van der Waals surface area contributed by atoms with E-state index in [1.165, 1.54) is 19.2 Å². The van der Waals surface area contributed by atoms with E-state index in [4.69, 9.17) is 60.7 Å². The molecule has 0 fully saturated rings. The maximum absolute atomic E-state index is 12.2. The highest BCUT2D eigenvalue weighted by molar-refractivity contribution is 6.37. The number of carbonyl (C=O) groups is 5. The molecule has 69 heavy (non-hydrogen) atoms. The van der Waals surface area contributed by atoms with Gasteiger partial charge in [0.15, 0.2) is 12.4 Å². The van der Waals surface area contributed by atoms with Gasteiger partial charge in [-0.2, -0.15) is 0 Å². The third kappa shape index (κ3) is 17.5. The Balaban J connectivity index is 0.000000203. The molecule has 0 radical (unpaired) electrons. The zero-order chi connectivity index (χ0) is 50.3. The molecule has 356 valence electrons. The number of carbonyl (C=O) groups excluding carboxylic acids is 4. The fourth-order valence-corrected chi connectivity index (χ4v) is 6.32. The minimum Gasteiger partial charge on any atom is -0.479 e. The summed E-state index contributed by atoms with van der Waals surface area (Å²) < 4.78 is 14.3. The molecule has 7 rings (SSSR count). The zero-order valence-corrected chi connectivity index (χ0v) is 38.8. The molecule has 3 amide bonds. The fourth-order valence-electron chi connectivity index (χ4n) is 5.71. The summed E-state index contributed by atoms with van der Waals surface area (Å²) in [5.41, 5.74) is 29.3. The molecular weight excluding hydrogens is 926 g/mol. The average molecular weight is 975 g/mol. The van der Waals surface area contributed by atoms with E-state index in [1.54, 1.807) is 116 Å². The molecule has 0 unspecified atom stereocenters. The summed E-state index contributed by atoms with van der Waals surface area (Å²) in [6, 6.07) is 46.8. The van der Waals surface area contributed by atoms with Crippen molar-refractivity contribution in [3.05, 3.63) is 191 Å². The Labute approximate surface area is 408 Å². The first-order valence-corrected chi connectivity index (χ1v) is 21.4. The number of aromatic carboxylic acids is 1. The molecule has 0 saturated carbocycles. The van der Waals surface area contributed by atoms with Crippen LogP contribution in [0.3, 0.4) is 0 Å². The quantitative estimate of drug-likeness (QED) is 0.0443. The number of hydrogen-bond donors (Lipinski definition) is 8. The van der Waals surface area contributed by atoms with Gasteiger partial charge in [-0.3, -0.25) is 14.9 Å². The van der Waals surface area contributed by atoms with Crippen molar-refractivity contribution in [3.63, 3.8) is 0 Å². The van der Waals surface area contributed by atoms with Crippen LogP contribution in [-0.4, -0.2) is 55.3 Å². The molecule has 0 heterocycles. The first-order valence-electron chi connectivity index (χ1n) is 20.6. The number of methoxy groups -OCH3 is 1. The Hall–Kier alpha value is -8.73. The van der Waals surface area contributed by atoms with Crippen molar-refractivity contribution in [2.24, 2.45) is 0 Å². The van der Waals surface area contributed by atoms with Crippen molar-refractivity contribution >= 4 is 92.9 Å². The van der Waals surface area contributed by atoms with Crippen molar-refractivity contribution < 1.29 is 43.3 Å². The van der Waals surface area contributed by atoms with Gasteiger partial charge in [0.1, 0.15) is 0 Å². The summed E-state index contributed by atoms with van der Waals surface area (Å²) in [6.07, 6.45) is -0.557. The fraction of sp³-hybridized carbons (Fsp3) is 0.0784. The Morgan fingerprint density at radius 2 is 1.10 bits per heavy atom. The van der Waals surface area contributed by atoms with Crippen molar-refractivity contribution in [2.45, 2.75) is 6.92 Å². The van der Waals surface area contributed by atoms with Crippen LogP contribution in [0, 0.1) is 0 Å². The SMILES string of the molecule is CCOC(=O)Nc1cccc(C(=O)Nc2ccc(N)cc2)c1.COC(=O)COc1c(Cl)cc(N)cc1Cl.Nc1ccc(NC(=O)c2ccccc2N)cc1.O=C(O)c1ccccc1-c1ccccc1. The topological polar surface area (TPSA) is 273 Å². The second-order valence-electron chi connectivity index (χ2n) is 14.1. The van der Waals surface area contributed by atoms with E-state index in [0.717, 1.165) is 11.1 Å². The lowest BCUT2D eigenvalue weighted by Gasteiger charge is -2.09. The first kappa shape index (κ1) is 52.9. The molecule has 12 N–H and O–H groups in total. The molecule has 16 nitrogen and oxygen atoms in total. The van der Waals surface area contributed by atoms with Crippen LogP contribution >= 0.6 is 23.2 Å². The minimum absolute atomic E-state index is 0.220. The molecular formula is C51H49Cl2N7O9. The molecule has 0 spiro atoms. The van der Waals surface area contributed by atoms with Crippen LogP contribution in [-0.2, 0) is 14.3 Å². The number of carboxylic acid groups (broad SMARTS) is 1. The van der Waals surface area contributed by atoms with Gasteiger partial charge in [-0.15, -0.1) is 0 Å². The molecule has 0 aliphatic heterocycles. The molecule has 0 aromatic heterocycles. The molecule has 7 aromatic rings. The lowest BCUT2D eigenvalue weighted by molar-refractivity contribution is -0.142. The first-order chi connectivity index (χ1) is 33.1. The van der Waals surface area contributed by atoms with Crippen LogP contribution in [0.15, 0.2) is 164 Å². The summed E-state index contributed by atoms with van der Waals surface area (Å²) in [5.74, 6) is -1.70. The number of anilines is 7. The lowest BCUT2D eigenvalue weighted by atomic mass is 10.00. The number of rotatable bonds is 11. The Kier molecular flexibility index (Phi) is 20.7. The summed E-state index contributed by atoms with van der Waals surface area (Å²) in [6.45, 7) is 1.75. The largest absolute Gasteiger partial charge is 0.479 e. The third-order valence-electron chi connectivity index (χ3n) is 9.01. The van der Waals surface area contributed by atoms with Crippen LogP contribution in [0.2, 0.25) is 10.0 Å². The van der Waals surface area contributed by atoms with Crippen molar-refractivity contribution in [2.75, 3.05) is 59.2 Å². The summed E-state index contributed by atoms with van der Waals surface area (Å²) in [5, 5.41) is 17.6. The average Bonchev–Trinajstić information content (AvgIpc) is 3.33. The van der Waals surface area contributed by atoms with Crippen LogP contribution in [0.4, 0.5) is 44.6 Å². The Bertz CT molecular complexity index is 2810. The molecule has 0 saturated heterocycles. The second-order valence-corrected chi connectivity index (χ2v) is 14.9. The van der Waals surface area contributed by atoms with Gasteiger partial charge in [0.05, 0.1) is 34.9 Å². The van der Waals surface area contributed by atoms with Crippen LogP contribution < -0.4 is 43.6 Å². The number of amides is 3. The summed E-state index contributed by atoms with van der Waals surface area (Å²) in [7, 11) is 1.26. The second kappa shape index (κ2) is 27.0. The number of nitrogens with one attached hydrogen (secondary N) is 3. The van der Waals surface area contributed by atoms with Gasteiger partial charge >= 0.3 is 18.0 Å². The summed E-state index contributed by atoms with van der Waals surface area (Å²) >= 11 is 11.6. The van der Waals surface area contributed by atoms with Crippen molar-refractivity contribution in [3.8, 4) is 16.9 Å². The summed E-state index contributed by atoms with van der Waals surface area (Å²) in [4.78, 5) is 57.3. The van der Waals surface area contributed by atoms with Gasteiger partial charge in [0.25, 0.3) is 11.8 Å². The van der Waals surface area contributed by atoms with Gasteiger partial charge in [-0.1, -0.05) is 89.9 Å². The third-order valence-corrected chi connectivity index (χ3v) is 9.58. The number of nitrogens with two attached hydrogens (primary N) is 4. The zero-order valence-electron chi connectivity index (χ0n) is 37.3. The number of esters is 1. The van der Waals surface area contributed by atoms with E-state index in [0.29, 0.717) is 56.5 Å². The molecule has 7 aromatic carbocycles. The predicted octanol–water partition coefficient (Wildman–Crippen LogP) is 10.4. The van der Waals surface area contributed by atoms with Crippen molar-refractivity contribution in [1.29, 1.82) is 0 Å². The van der Waals surface area contributed by atoms with E-state index in [9.17, 15) is 24.0 Å². The molecule has 0 aliphatic rings. The number of nitrogen functional groups attached to an aromatic ring is 4. The number of ether oxygens (including phenoxy) is 3. The number of benzene rings is 7. The van der Waals surface area contributed by atoms with Crippen molar-refractivity contribution in [1.82, 2.24) is 0 Å². The van der Waals surface area contributed by atoms with E-state index >= 15 is 0 Å². The number of hydrogen-bond acceptors (Lipinski definition) is 12. The van der Waals surface area contributed by atoms with Gasteiger partial charge in [0.2, 0.25) is 0 Å². The van der Waals surface area contributed by atoms with Crippen LogP contribution in [0.25, 0.3) is 11.1 Å². The monoisotopic (exact) mass is 973 g/mol. The highest BCUT2D eigenvalue weighted by atomic mass is 35.5. The predicted molar refractivity (Wildman–Crippen MR) is 273 cm³/mol. The normalized spacial score (nSPS) is 9.86. The smallest absolute Gasteiger partial charge is 0.411 e. The number of carboxylic acids is 1.